The number of nitrogens with one attached hydrogen (secondary N) is 2. The first-order valence-electron chi connectivity index (χ1n) is 18.9. The molecule has 0 aromatic heterocycles. The summed E-state index contributed by atoms with van der Waals surface area (Å²) >= 11 is 0. The molecule has 12 N–H and O–H groups in total. The van der Waals surface area contributed by atoms with E-state index >= 15 is 0 Å². The SMILES string of the molecule is C(=NCCN1CCN(CCN=Cc2ccccc2)C1c1ccccc1)c1ccccc1.NCCNCCNCCN.O.O=C(O)CCC(=O)O.O=C(O)CCC(=O)O. The summed E-state index contributed by atoms with van der Waals surface area (Å²) in [7, 11) is 0. The smallest absolute Gasteiger partial charge is 0.303 e. The van der Waals surface area contributed by atoms with Crippen LogP contribution in [-0.4, -0.2) is 151 Å². The highest BCUT2D eigenvalue weighted by Crippen LogP contribution is 2.29. The van der Waals surface area contributed by atoms with Crippen LogP contribution in [0.25, 0.3) is 0 Å². The number of nitrogens with two attached hydrogens (primary N) is 2. The molecule has 3 aromatic rings. The predicted octanol–water partition coefficient (Wildman–Crippen LogP) is 1.67. The van der Waals surface area contributed by atoms with E-state index in [9.17, 15) is 19.2 Å². The van der Waals surface area contributed by atoms with E-state index in [2.05, 4.69) is 85.0 Å². The fraction of sp³-hybridized carbons (Fsp3) is 0.415. The van der Waals surface area contributed by atoms with E-state index in [0.717, 1.165) is 76.6 Å². The van der Waals surface area contributed by atoms with Crippen LogP contribution >= 0.6 is 0 Å². The van der Waals surface area contributed by atoms with Crippen molar-refractivity contribution in [3.05, 3.63) is 108 Å². The predicted molar refractivity (Wildman–Crippen MR) is 227 cm³/mol. The van der Waals surface area contributed by atoms with Gasteiger partial charge in [0.1, 0.15) is 0 Å². The summed E-state index contributed by atoms with van der Waals surface area (Å²) in [4.78, 5) is 53.0. The number of hydrogen-bond donors (Lipinski definition) is 8. The zero-order valence-corrected chi connectivity index (χ0v) is 33.1. The van der Waals surface area contributed by atoms with Crippen LogP contribution in [0.4, 0.5) is 0 Å². The fourth-order valence-corrected chi connectivity index (χ4v) is 5.10. The highest BCUT2D eigenvalue weighted by molar-refractivity contribution is 5.80. The Kier molecular flexibility index (Phi) is 31.6. The second kappa shape index (κ2) is 34.8. The van der Waals surface area contributed by atoms with Gasteiger partial charge in [-0.1, -0.05) is 91.0 Å². The van der Waals surface area contributed by atoms with Crippen LogP contribution < -0.4 is 22.1 Å². The molecule has 1 aliphatic rings. The fourth-order valence-electron chi connectivity index (χ4n) is 5.10. The Labute approximate surface area is 340 Å². The molecular weight excluding hydrogens is 748 g/mol. The lowest BCUT2D eigenvalue weighted by Crippen LogP contribution is -2.33. The summed E-state index contributed by atoms with van der Waals surface area (Å²) in [5.74, 6) is -4.31. The maximum absolute atomic E-state index is 9.64. The molecule has 17 nitrogen and oxygen atoms in total. The van der Waals surface area contributed by atoms with Crippen molar-refractivity contribution < 1.29 is 45.1 Å². The zero-order chi connectivity index (χ0) is 41.9. The molecule has 58 heavy (non-hydrogen) atoms. The third-order valence-corrected chi connectivity index (χ3v) is 7.80. The molecule has 1 aliphatic heterocycles. The quantitative estimate of drug-likeness (QED) is 0.0530. The molecule has 0 spiro atoms. The van der Waals surface area contributed by atoms with E-state index in [4.69, 9.17) is 31.9 Å². The Morgan fingerprint density at radius 3 is 1.21 bits per heavy atom. The van der Waals surface area contributed by atoms with Crippen molar-refractivity contribution in [3.8, 4) is 0 Å². The van der Waals surface area contributed by atoms with Gasteiger partial charge >= 0.3 is 23.9 Å². The number of rotatable bonds is 22. The second-order valence-electron chi connectivity index (χ2n) is 12.4. The normalized spacial score (nSPS) is 13.6. The van der Waals surface area contributed by atoms with Gasteiger partial charge in [-0.2, -0.15) is 0 Å². The second-order valence-corrected chi connectivity index (χ2v) is 12.4. The first kappa shape index (κ1) is 52.6. The first-order valence-corrected chi connectivity index (χ1v) is 18.9. The average molecular weight is 811 g/mol. The highest BCUT2D eigenvalue weighted by Gasteiger charge is 2.32. The Balaban J connectivity index is 0.000000984. The van der Waals surface area contributed by atoms with Crippen molar-refractivity contribution in [1.82, 2.24) is 20.4 Å². The number of carboxylic acids is 4. The number of hydrogen-bond acceptors (Lipinski definition) is 12. The zero-order valence-electron chi connectivity index (χ0n) is 33.1. The van der Waals surface area contributed by atoms with Crippen LogP contribution in [0.15, 0.2) is 101 Å². The van der Waals surface area contributed by atoms with Gasteiger partial charge in [-0.05, 0) is 16.7 Å². The molecule has 0 saturated carbocycles. The minimum Gasteiger partial charge on any atom is -0.481 e. The molecule has 17 heteroatoms. The van der Waals surface area contributed by atoms with Gasteiger partial charge in [0.2, 0.25) is 0 Å². The van der Waals surface area contributed by atoms with Crippen molar-refractivity contribution in [1.29, 1.82) is 0 Å². The summed E-state index contributed by atoms with van der Waals surface area (Å²) in [6.45, 7) is 10.8. The molecule has 0 atom stereocenters. The van der Waals surface area contributed by atoms with Crippen molar-refractivity contribution in [3.63, 3.8) is 0 Å². The summed E-state index contributed by atoms with van der Waals surface area (Å²) < 4.78 is 0. The Morgan fingerprint density at radius 2 is 0.897 bits per heavy atom. The maximum atomic E-state index is 9.64. The molecule has 3 aromatic carbocycles. The molecule has 4 rings (SSSR count). The first-order chi connectivity index (χ1) is 27.6. The summed E-state index contributed by atoms with van der Waals surface area (Å²) in [6.07, 6.45) is 3.06. The van der Waals surface area contributed by atoms with Crippen molar-refractivity contribution in [2.24, 2.45) is 21.5 Å². The molecule has 0 unspecified atom stereocenters. The van der Waals surface area contributed by atoms with E-state index in [1.165, 1.54) is 5.56 Å². The molecule has 1 saturated heterocycles. The van der Waals surface area contributed by atoms with Gasteiger partial charge in [0.05, 0.1) is 44.9 Å². The highest BCUT2D eigenvalue weighted by atomic mass is 16.4. The lowest BCUT2D eigenvalue weighted by Gasteiger charge is -2.30. The molecule has 1 heterocycles. The number of carboxylic acid groups (broad SMARTS) is 4. The van der Waals surface area contributed by atoms with E-state index < -0.39 is 23.9 Å². The van der Waals surface area contributed by atoms with Crippen molar-refractivity contribution in [2.45, 2.75) is 31.8 Å². The third kappa shape index (κ3) is 28.1. The van der Waals surface area contributed by atoms with E-state index in [1.54, 1.807) is 0 Å². The van der Waals surface area contributed by atoms with Crippen LogP contribution in [0.5, 0.6) is 0 Å². The largest absolute Gasteiger partial charge is 0.481 e. The van der Waals surface area contributed by atoms with Crippen LogP contribution in [0, 0.1) is 0 Å². The molecule has 0 aliphatic carbocycles. The Morgan fingerprint density at radius 1 is 0.569 bits per heavy atom. The average Bonchev–Trinajstić information content (AvgIpc) is 3.62. The molecular formula is C41H62N8O9. The van der Waals surface area contributed by atoms with Gasteiger partial charge in [0, 0.05) is 77.9 Å². The van der Waals surface area contributed by atoms with Crippen LogP contribution in [0.3, 0.4) is 0 Å². The monoisotopic (exact) mass is 810 g/mol. The number of carbonyl (C=O) groups is 4. The Hall–Kier alpha value is -5.40. The molecule has 0 bridgehead atoms. The molecule has 320 valence electrons. The topological polar surface area (TPSA) is 288 Å². The van der Waals surface area contributed by atoms with E-state index in [0.29, 0.717) is 19.3 Å². The number of benzene rings is 3. The van der Waals surface area contributed by atoms with Crippen molar-refractivity contribution in [2.75, 3.05) is 78.5 Å². The maximum Gasteiger partial charge on any atom is 0.303 e. The molecule has 0 amide bonds. The summed E-state index contributed by atoms with van der Waals surface area (Å²) in [5.41, 5.74) is 14.2. The third-order valence-electron chi connectivity index (χ3n) is 7.80. The summed E-state index contributed by atoms with van der Waals surface area (Å²) in [6, 6.07) is 31.4. The lowest BCUT2D eigenvalue weighted by molar-refractivity contribution is -0.143. The van der Waals surface area contributed by atoms with Gasteiger partial charge in [-0.15, -0.1) is 0 Å². The molecule has 1 fully saturated rings. The number of aliphatic imine (C=N–C) groups is 2. The van der Waals surface area contributed by atoms with E-state index in [1.807, 2.05) is 48.8 Å². The van der Waals surface area contributed by atoms with Crippen LogP contribution in [0.1, 0.15) is 48.5 Å². The minimum atomic E-state index is -1.08. The van der Waals surface area contributed by atoms with Gasteiger partial charge in [0.15, 0.2) is 0 Å². The number of aliphatic carboxylic acids is 4. The van der Waals surface area contributed by atoms with Gasteiger partial charge < -0.3 is 48.0 Å². The summed E-state index contributed by atoms with van der Waals surface area (Å²) in [5, 5.41) is 37.9. The number of nitrogens with zero attached hydrogens (tertiary/aromatic N) is 4. The molecule has 0 radical (unpaired) electrons. The van der Waals surface area contributed by atoms with Crippen LogP contribution in [0.2, 0.25) is 0 Å². The Bertz CT molecular complexity index is 1440. The standard InChI is InChI=1S/C27H30N4.C6H18N4.2C4H6O4.H2O/c1-4-10-24(11-5-1)22-28-16-18-30-20-21-31(27(30)26-14-8-3-9-15-26)19-17-29-23-25-12-6-2-7-13-25;7-1-3-9-5-6-10-4-2-8;2*5-3(6)1-2-4(7)8;/h1-15,22-23,27H,16-21H2;9-10H,1-8H2;2*1-2H2,(H,5,6)(H,7,8);1H2. The van der Waals surface area contributed by atoms with E-state index in [-0.39, 0.29) is 31.2 Å². The van der Waals surface area contributed by atoms with Crippen LogP contribution in [-0.2, 0) is 19.2 Å². The van der Waals surface area contributed by atoms with Crippen molar-refractivity contribution >= 4 is 36.3 Å². The van der Waals surface area contributed by atoms with Gasteiger partial charge in [-0.25, -0.2) is 0 Å². The minimum absolute atomic E-state index is 0. The lowest BCUT2D eigenvalue weighted by atomic mass is 10.1. The van der Waals surface area contributed by atoms with Gasteiger partial charge in [-0.3, -0.25) is 39.0 Å². The van der Waals surface area contributed by atoms with Gasteiger partial charge in [0.25, 0.3) is 0 Å².